The average Bonchev–Trinajstić information content (AvgIpc) is 2.48. The largest absolute Gasteiger partial charge is 0.477 e. The van der Waals surface area contributed by atoms with Crippen molar-refractivity contribution in [2.75, 3.05) is 13.2 Å². The average molecular weight is 276 g/mol. The molecule has 1 saturated heterocycles. The van der Waals surface area contributed by atoms with E-state index in [0.29, 0.717) is 18.7 Å². The zero-order valence-corrected chi connectivity index (χ0v) is 11.0. The van der Waals surface area contributed by atoms with E-state index in [1.165, 1.54) is 12.4 Å². The summed E-state index contributed by atoms with van der Waals surface area (Å²) in [6.07, 6.45) is 4.80. The van der Waals surface area contributed by atoms with Crippen molar-refractivity contribution in [3.8, 4) is 11.8 Å². The summed E-state index contributed by atoms with van der Waals surface area (Å²) in [7, 11) is 0. The lowest BCUT2D eigenvalue weighted by Gasteiger charge is -2.22. The summed E-state index contributed by atoms with van der Waals surface area (Å²) in [5, 5.41) is 8.79. The van der Waals surface area contributed by atoms with Crippen LogP contribution < -0.4 is 0 Å². The zero-order valence-electron chi connectivity index (χ0n) is 11.0. The Morgan fingerprint density at radius 1 is 1.50 bits per heavy atom. The highest BCUT2D eigenvalue weighted by molar-refractivity contribution is 5.85. The number of carboxylic acids is 1. The van der Waals surface area contributed by atoms with Gasteiger partial charge in [0, 0.05) is 19.1 Å². The quantitative estimate of drug-likeness (QED) is 0.662. The molecule has 0 bridgehead atoms. The first-order chi connectivity index (χ1) is 9.75. The molecule has 1 aliphatic heterocycles. The molecule has 0 aromatic carbocycles. The van der Waals surface area contributed by atoms with Crippen LogP contribution in [0, 0.1) is 11.8 Å². The third-order valence-corrected chi connectivity index (χ3v) is 2.77. The summed E-state index contributed by atoms with van der Waals surface area (Å²) in [6.45, 7) is 1.25. The summed E-state index contributed by atoms with van der Waals surface area (Å²) < 4.78 is 11.0. The van der Waals surface area contributed by atoms with Crippen LogP contribution in [0.2, 0.25) is 0 Å². The second kappa shape index (κ2) is 7.58. The highest BCUT2D eigenvalue weighted by Crippen LogP contribution is 2.13. The van der Waals surface area contributed by atoms with Crippen molar-refractivity contribution < 1.29 is 19.4 Å². The number of rotatable bonds is 4. The zero-order chi connectivity index (χ0) is 14.2. The van der Waals surface area contributed by atoms with Gasteiger partial charge in [0.1, 0.15) is 12.0 Å². The van der Waals surface area contributed by atoms with Gasteiger partial charge in [0.15, 0.2) is 12.0 Å². The number of nitrogens with zero attached hydrogens (tertiary/aromatic N) is 2. The third-order valence-electron chi connectivity index (χ3n) is 2.77. The Hall–Kier alpha value is -1.97. The van der Waals surface area contributed by atoms with Gasteiger partial charge < -0.3 is 14.6 Å². The van der Waals surface area contributed by atoms with Crippen molar-refractivity contribution in [1.82, 2.24) is 9.97 Å². The number of aromatic carboxylic acids is 1. The Kier molecular flexibility index (Phi) is 5.47. The molecule has 6 heteroatoms. The van der Waals surface area contributed by atoms with Crippen LogP contribution >= 0.6 is 0 Å². The van der Waals surface area contributed by atoms with Crippen LogP contribution in [-0.2, 0) is 9.47 Å². The van der Waals surface area contributed by atoms with Crippen LogP contribution in [-0.4, -0.2) is 40.5 Å². The standard InChI is InChI=1S/C14H16N2O4/c17-14(18)12-9-11(15-10-16-12)5-1-3-7-19-13-6-2-4-8-20-13/h9-10,13H,2-4,6-8H2,(H,17,18). The maximum atomic E-state index is 10.7. The summed E-state index contributed by atoms with van der Waals surface area (Å²) in [4.78, 5) is 18.3. The molecule has 0 saturated carbocycles. The predicted octanol–water partition coefficient (Wildman–Crippen LogP) is 1.46. The molecule has 1 atom stereocenters. The monoisotopic (exact) mass is 276 g/mol. The van der Waals surface area contributed by atoms with E-state index in [-0.39, 0.29) is 12.0 Å². The van der Waals surface area contributed by atoms with E-state index in [0.717, 1.165) is 25.9 Å². The first-order valence-electron chi connectivity index (χ1n) is 6.53. The number of hydrogen-bond donors (Lipinski definition) is 1. The van der Waals surface area contributed by atoms with Crippen LogP contribution in [0.15, 0.2) is 12.4 Å². The van der Waals surface area contributed by atoms with Crippen LogP contribution in [0.25, 0.3) is 0 Å². The lowest BCUT2D eigenvalue weighted by molar-refractivity contribution is -0.161. The van der Waals surface area contributed by atoms with Gasteiger partial charge in [-0.2, -0.15) is 0 Å². The Balaban J connectivity index is 1.76. The molecule has 106 valence electrons. The van der Waals surface area contributed by atoms with Crippen LogP contribution in [0.5, 0.6) is 0 Å². The normalized spacial score (nSPS) is 18.1. The van der Waals surface area contributed by atoms with E-state index in [4.69, 9.17) is 14.6 Å². The Bertz CT molecular complexity index is 515. The molecule has 20 heavy (non-hydrogen) atoms. The van der Waals surface area contributed by atoms with Gasteiger partial charge in [-0.25, -0.2) is 14.8 Å². The Morgan fingerprint density at radius 2 is 2.40 bits per heavy atom. The van der Waals surface area contributed by atoms with E-state index in [1.54, 1.807) is 0 Å². The second-order valence-corrected chi connectivity index (χ2v) is 4.31. The van der Waals surface area contributed by atoms with E-state index in [2.05, 4.69) is 21.8 Å². The molecule has 1 aliphatic rings. The molecule has 6 nitrogen and oxygen atoms in total. The van der Waals surface area contributed by atoms with Gasteiger partial charge in [0.05, 0.1) is 6.61 Å². The minimum Gasteiger partial charge on any atom is -0.477 e. The highest BCUT2D eigenvalue weighted by atomic mass is 16.7. The van der Waals surface area contributed by atoms with Crippen LogP contribution in [0.4, 0.5) is 0 Å². The predicted molar refractivity (Wildman–Crippen MR) is 70.0 cm³/mol. The number of aromatic nitrogens is 2. The smallest absolute Gasteiger partial charge is 0.354 e. The maximum absolute atomic E-state index is 10.7. The Labute approximate surface area is 117 Å². The fraction of sp³-hybridized carbons (Fsp3) is 0.500. The van der Waals surface area contributed by atoms with Gasteiger partial charge in [-0.1, -0.05) is 5.92 Å². The number of carbonyl (C=O) groups is 1. The topological polar surface area (TPSA) is 81.5 Å². The van der Waals surface area contributed by atoms with Crippen molar-refractivity contribution in [2.24, 2.45) is 0 Å². The van der Waals surface area contributed by atoms with Gasteiger partial charge in [0.25, 0.3) is 0 Å². The minimum atomic E-state index is -1.09. The SMILES string of the molecule is O=C(O)c1cc(C#CCCOC2CCCCO2)ncn1. The first kappa shape index (κ1) is 14.4. The Morgan fingerprint density at radius 3 is 3.15 bits per heavy atom. The summed E-state index contributed by atoms with van der Waals surface area (Å²) in [5.74, 6) is 4.60. The molecule has 1 N–H and O–H groups in total. The fourth-order valence-corrected chi connectivity index (χ4v) is 1.78. The van der Waals surface area contributed by atoms with Gasteiger partial charge in [-0.05, 0) is 25.2 Å². The van der Waals surface area contributed by atoms with E-state index < -0.39 is 5.97 Å². The minimum absolute atomic E-state index is 0.0591. The van der Waals surface area contributed by atoms with Crippen LogP contribution in [0.1, 0.15) is 41.9 Å². The molecule has 1 aromatic heterocycles. The molecule has 1 unspecified atom stereocenters. The highest BCUT2D eigenvalue weighted by Gasteiger charge is 2.12. The fourth-order valence-electron chi connectivity index (χ4n) is 1.78. The van der Waals surface area contributed by atoms with Crippen molar-refractivity contribution in [1.29, 1.82) is 0 Å². The van der Waals surface area contributed by atoms with Gasteiger partial charge in [0.2, 0.25) is 0 Å². The van der Waals surface area contributed by atoms with E-state index >= 15 is 0 Å². The molecule has 0 spiro atoms. The van der Waals surface area contributed by atoms with E-state index in [1.807, 2.05) is 0 Å². The van der Waals surface area contributed by atoms with Crippen molar-refractivity contribution in [2.45, 2.75) is 32.0 Å². The summed E-state index contributed by atoms with van der Waals surface area (Å²) in [6, 6.07) is 1.35. The number of carboxylic acid groups (broad SMARTS) is 1. The van der Waals surface area contributed by atoms with Gasteiger partial charge in [-0.3, -0.25) is 0 Å². The molecule has 0 amide bonds. The van der Waals surface area contributed by atoms with Gasteiger partial charge >= 0.3 is 5.97 Å². The van der Waals surface area contributed by atoms with Crippen molar-refractivity contribution >= 4 is 5.97 Å². The molecular weight excluding hydrogens is 260 g/mol. The van der Waals surface area contributed by atoms with Crippen molar-refractivity contribution in [3.63, 3.8) is 0 Å². The third kappa shape index (κ3) is 4.61. The molecule has 1 fully saturated rings. The molecule has 2 heterocycles. The second-order valence-electron chi connectivity index (χ2n) is 4.31. The molecular formula is C14H16N2O4. The summed E-state index contributed by atoms with van der Waals surface area (Å²) >= 11 is 0. The lowest BCUT2D eigenvalue weighted by Crippen LogP contribution is -2.22. The van der Waals surface area contributed by atoms with Gasteiger partial charge in [-0.15, -0.1) is 0 Å². The molecule has 0 radical (unpaired) electrons. The first-order valence-corrected chi connectivity index (χ1v) is 6.53. The summed E-state index contributed by atoms with van der Waals surface area (Å²) in [5.41, 5.74) is 0.336. The number of hydrogen-bond acceptors (Lipinski definition) is 5. The molecule has 1 aromatic rings. The van der Waals surface area contributed by atoms with Crippen LogP contribution in [0.3, 0.4) is 0 Å². The number of ether oxygens (including phenoxy) is 2. The molecule has 0 aliphatic carbocycles. The maximum Gasteiger partial charge on any atom is 0.354 e. The molecule has 2 rings (SSSR count). The van der Waals surface area contributed by atoms with Crippen molar-refractivity contribution in [3.05, 3.63) is 23.8 Å². The van der Waals surface area contributed by atoms with E-state index in [9.17, 15) is 4.79 Å². The lowest BCUT2D eigenvalue weighted by atomic mass is 10.2.